The topological polar surface area (TPSA) is 148 Å². The first-order valence-corrected chi connectivity index (χ1v) is 7.51. The molecule has 0 aliphatic rings. The van der Waals surface area contributed by atoms with Gasteiger partial charge in [0, 0.05) is 13.5 Å². The zero-order valence-corrected chi connectivity index (χ0v) is 12.0. The second-order valence-corrected chi connectivity index (χ2v) is 6.32. The molecule has 12 heteroatoms. The van der Waals surface area contributed by atoms with Crippen LogP contribution in [0.1, 0.15) is 6.92 Å². The number of carboxylic acid groups (broad SMARTS) is 1. The summed E-state index contributed by atoms with van der Waals surface area (Å²) in [7, 11) is -3.86. The van der Waals surface area contributed by atoms with Crippen LogP contribution in [0.3, 0.4) is 0 Å². The highest BCUT2D eigenvalue weighted by molar-refractivity contribution is 7.91. The first-order valence-electron chi connectivity index (χ1n) is 5.21. The molecule has 0 atom stereocenters. The number of sulfonamides is 1. The van der Waals surface area contributed by atoms with Crippen LogP contribution in [0.25, 0.3) is 0 Å². The Morgan fingerprint density at radius 2 is 2.10 bits per heavy atom. The lowest BCUT2D eigenvalue weighted by atomic mass is 10.7. The zero-order valence-electron chi connectivity index (χ0n) is 10.3. The summed E-state index contributed by atoms with van der Waals surface area (Å²) in [6.45, 7) is 0.550. The van der Waals surface area contributed by atoms with Crippen molar-refractivity contribution in [2.45, 2.75) is 11.3 Å². The summed E-state index contributed by atoms with van der Waals surface area (Å²) in [5.74, 6) is -1.53. The molecule has 0 saturated heterocycles. The Bertz CT molecular complexity index is 584. The number of aliphatic carboxylic acids is 1. The minimum absolute atomic E-state index is 0.0694. The van der Waals surface area contributed by atoms with Gasteiger partial charge in [0.05, 0.1) is 6.61 Å². The van der Waals surface area contributed by atoms with E-state index in [1.54, 1.807) is 0 Å². The molecule has 0 fully saturated rings. The van der Waals surface area contributed by atoms with Crippen LogP contribution in [-0.2, 0) is 24.3 Å². The fraction of sp³-hybridized carbons (Fsp3) is 0.500. The predicted molar refractivity (Wildman–Crippen MR) is 67.9 cm³/mol. The number of carbonyl (C=O) groups excluding carboxylic acids is 1. The molecule has 20 heavy (non-hydrogen) atoms. The summed E-state index contributed by atoms with van der Waals surface area (Å²) < 4.78 is 30.0. The first-order chi connectivity index (χ1) is 9.31. The second kappa shape index (κ2) is 7.23. The molecule has 1 amide bonds. The van der Waals surface area contributed by atoms with Gasteiger partial charge in [-0.3, -0.25) is 4.79 Å². The smallest absolute Gasteiger partial charge is 0.329 e. The monoisotopic (exact) mass is 324 g/mol. The number of carbonyl (C=O) groups is 2. The van der Waals surface area contributed by atoms with E-state index in [-0.39, 0.29) is 28.5 Å². The Balaban J connectivity index is 2.49. The summed E-state index contributed by atoms with van der Waals surface area (Å²) in [6.07, 6.45) is 0. The molecule has 0 spiro atoms. The van der Waals surface area contributed by atoms with Gasteiger partial charge in [0.15, 0.2) is 0 Å². The van der Waals surface area contributed by atoms with Crippen molar-refractivity contribution in [3.8, 4) is 0 Å². The minimum atomic E-state index is -3.86. The lowest BCUT2D eigenvalue weighted by Crippen LogP contribution is -2.28. The molecule has 0 aromatic carbocycles. The Kier molecular flexibility index (Phi) is 5.94. The highest BCUT2D eigenvalue weighted by Gasteiger charge is 2.20. The standard InChI is InChI=1S/C8H12N4O6S2/c1-5(13)10-7-11-12-8(19-7)20(16,17)9-2-3-18-4-6(14)15/h9H,2-4H2,1H3,(H,14,15)(H,10,11,13). The van der Waals surface area contributed by atoms with Gasteiger partial charge >= 0.3 is 5.97 Å². The van der Waals surface area contributed by atoms with E-state index in [4.69, 9.17) is 5.11 Å². The maximum absolute atomic E-state index is 11.7. The quantitative estimate of drug-likeness (QED) is 0.402. The third-order valence-corrected chi connectivity index (χ3v) is 4.35. The Morgan fingerprint density at radius 3 is 2.70 bits per heavy atom. The van der Waals surface area contributed by atoms with Crippen molar-refractivity contribution in [3.05, 3.63) is 0 Å². The van der Waals surface area contributed by atoms with Crippen LogP contribution in [-0.4, -0.2) is 55.4 Å². The van der Waals surface area contributed by atoms with Crippen LogP contribution < -0.4 is 10.0 Å². The largest absolute Gasteiger partial charge is 0.480 e. The highest BCUT2D eigenvalue weighted by atomic mass is 32.2. The van der Waals surface area contributed by atoms with Gasteiger partial charge in [0.2, 0.25) is 15.4 Å². The molecular formula is C8H12N4O6S2. The van der Waals surface area contributed by atoms with Crippen molar-refractivity contribution in [1.82, 2.24) is 14.9 Å². The van der Waals surface area contributed by atoms with Crippen molar-refractivity contribution in [2.24, 2.45) is 0 Å². The van der Waals surface area contributed by atoms with Crippen LogP contribution in [0.15, 0.2) is 4.34 Å². The van der Waals surface area contributed by atoms with Gasteiger partial charge in [-0.15, -0.1) is 10.2 Å². The normalized spacial score (nSPS) is 11.2. The van der Waals surface area contributed by atoms with Crippen LogP contribution >= 0.6 is 11.3 Å². The summed E-state index contributed by atoms with van der Waals surface area (Å²) in [4.78, 5) is 20.9. The predicted octanol–water partition coefficient (Wildman–Crippen LogP) is -1.12. The van der Waals surface area contributed by atoms with E-state index in [9.17, 15) is 18.0 Å². The molecule has 3 N–H and O–H groups in total. The zero-order chi connectivity index (χ0) is 15.2. The van der Waals surface area contributed by atoms with Crippen molar-refractivity contribution >= 4 is 38.4 Å². The van der Waals surface area contributed by atoms with Crippen LogP contribution in [0.4, 0.5) is 5.13 Å². The molecule has 1 rings (SSSR count). The molecule has 1 heterocycles. The third kappa shape index (κ3) is 5.56. The van der Waals surface area contributed by atoms with Crippen molar-refractivity contribution < 1.29 is 27.9 Å². The van der Waals surface area contributed by atoms with E-state index in [1.807, 2.05) is 0 Å². The van der Waals surface area contributed by atoms with Gasteiger partial charge in [0.25, 0.3) is 10.0 Å². The molecule has 1 aromatic heterocycles. The number of anilines is 1. The maximum Gasteiger partial charge on any atom is 0.329 e. The van der Waals surface area contributed by atoms with Crippen LogP contribution in [0.2, 0.25) is 0 Å². The fourth-order valence-corrected chi connectivity index (χ4v) is 2.99. The molecular weight excluding hydrogens is 312 g/mol. The first kappa shape index (κ1) is 16.4. The van der Waals surface area contributed by atoms with E-state index in [0.717, 1.165) is 0 Å². The summed E-state index contributed by atoms with van der Waals surface area (Å²) in [5, 5.41) is 17.6. The van der Waals surface area contributed by atoms with Crippen molar-refractivity contribution in [3.63, 3.8) is 0 Å². The molecule has 0 radical (unpaired) electrons. The second-order valence-electron chi connectivity index (χ2n) is 3.40. The Morgan fingerprint density at radius 1 is 1.40 bits per heavy atom. The average Bonchev–Trinajstić information content (AvgIpc) is 2.76. The van der Waals surface area contributed by atoms with E-state index in [2.05, 4.69) is 25.0 Å². The number of nitrogens with one attached hydrogen (secondary N) is 2. The van der Waals surface area contributed by atoms with Gasteiger partial charge in [0.1, 0.15) is 6.61 Å². The number of aromatic nitrogens is 2. The third-order valence-electron chi connectivity index (χ3n) is 1.68. The molecule has 0 bridgehead atoms. The van der Waals surface area contributed by atoms with Crippen molar-refractivity contribution in [2.75, 3.05) is 25.1 Å². The molecule has 0 aliphatic heterocycles. The average molecular weight is 324 g/mol. The van der Waals surface area contributed by atoms with Gasteiger partial charge in [-0.1, -0.05) is 11.3 Å². The molecule has 0 unspecified atom stereocenters. The number of nitrogens with zero attached hydrogens (tertiary/aromatic N) is 2. The Labute approximate surface area is 118 Å². The molecule has 1 aromatic rings. The number of hydrogen-bond acceptors (Lipinski definition) is 8. The number of carboxylic acids is 1. The SMILES string of the molecule is CC(=O)Nc1nnc(S(=O)(=O)NCCOCC(=O)O)s1. The maximum atomic E-state index is 11.7. The van der Waals surface area contributed by atoms with Gasteiger partial charge < -0.3 is 15.2 Å². The van der Waals surface area contributed by atoms with E-state index < -0.39 is 22.6 Å². The van der Waals surface area contributed by atoms with E-state index in [1.165, 1.54) is 6.92 Å². The van der Waals surface area contributed by atoms with Crippen molar-refractivity contribution in [1.29, 1.82) is 0 Å². The molecule has 10 nitrogen and oxygen atoms in total. The van der Waals surface area contributed by atoms with Gasteiger partial charge in [-0.2, -0.15) is 0 Å². The van der Waals surface area contributed by atoms with E-state index >= 15 is 0 Å². The number of hydrogen-bond donors (Lipinski definition) is 3. The minimum Gasteiger partial charge on any atom is -0.480 e. The molecule has 0 saturated carbocycles. The van der Waals surface area contributed by atoms with Gasteiger partial charge in [-0.05, 0) is 0 Å². The lowest BCUT2D eigenvalue weighted by Gasteiger charge is -2.03. The summed E-state index contributed by atoms with van der Waals surface area (Å²) >= 11 is 0.697. The van der Waals surface area contributed by atoms with Crippen LogP contribution in [0.5, 0.6) is 0 Å². The number of amides is 1. The van der Waals surface area contributed by atoms with Gasteiger partial charge in [-0.25, -0.2) is 17.9 Å². The fourth-order valence-electron chi connectivity index (χ4n) is 0.989. The molecule has 0 aliphatic carbocycles. The lowest BCUT2D eigenvalue weighted by molar-refractivity contribution is -0.142. The van der Waals surface area contributed by atoms with Crippen LogP contribution in [0, 0.1) is 0 Å². The van der Waals surface area contributed by atoms with E-state index in [0.29, 0.717) is 11.3 Å². The number of ether oxygens (including phenoxy) is 1. The highest BCUT2D eigenvalue weighted by Crippen LogP contribution is 2.19. The summed E-state index contributed by atoms with van der Waals surface area (Å²) in [5.41, 5.74) is 0. The number of rotatable bonds is 8. The summed E-state index contributed by atoms with van der Waals surface area (Å²) in [6, 6.07) is 0. The Hall–Kier alpha value is -1.63. The molecule has 112 valence electrons.